The molecule has 1 aromatic heterocycles. The van der Waals surface area contributed by atoms with E-state index in [1.807, 2.05) is 30.5 Å². The monoisotopic (exact) mass is 271 g/mol. The molecule has 0 spiro atoms. The average Bonchev–Trinajstić information content (AvgIpc) is 2.24. The van der Waals surface area contributed by atoms with Gasteiger partial charge in [0.05, 0.1) is 5.52 Å². The summed E-state index contributed by atoms with van der Waals surface area (Å²) in [5.74, 6) is 0. The highest BCUT2D eigenvalue weighted by molar-refractivity contribution is 5.92. The highest BCUT2D eigenvalue weighted by Crippen LogP contribution is 2.32. The lowest BCUT2D eigenvalue weighted by atomic mass is 9.81. The van der Waals surface area contributed by atoms with Gasteiger partial charge in [0.1, 0.15) is 0 Å². The first-order chi connectivity index (χ1) is 9.16. The fraction of sp³-hybridized carbons (Fsp3) is 0.471. The first-order valence-corrected chi connectivity index (χ1v) is 7.09. The molecule has 3 nitrogen and oxygen atoms in total. The predicted molar refractivity (Wildman–Crippen MR) is 87.9 cm³/mol. The smallest absolute Gasteiger partial charge is 0.0743 e. The number of aromatic nitrogens is 1. The van der Waals surface area contributed by atoms with Crippen LogP contribution in [0.1, 0.15) is 41.0 Å². The van der Waals surface area contributed by atoms with Crippen molar-refractivity contribution in [2.24, 2.45) is 5.41 Å². The number of nitrogen functional groups attached to an aromatic ring is 1. The fourth-order valence-electron chi connectivity index (χ4n) is 3.01. The zero-order valence-corrected chi connectivity index (χ0v) is 13.1. The first kappa shape index (κ1) is 14.6. The van der Waals surface area contributed by atoms with Crippen molar-refractivity contribution in [1.29, 1.82) is 0 Å². The van der Waals surface area contributed by atoms with Crippen LogP contribution >= 0.6 is 0 Å². The van der Waals surface area contributed by atoms with Crippen molar-refractivity contribution in [3.63, 3.8) is 0 Å². The highest BCUT2D eigenvalue weighted by Gasteiger charge is 2.25. The Labute approximate surface area is 121 Å². The third-order valence-electron chi connectivity index (χ3n) is 3.21. The number of pyridine rings is 1. The van der Waals surface area contributed by atoms with Crippen LogP contribution in [0, 0.1) is 5.41 Å². The Hall–Kier alpha value is -1.77. The fourth-order valence-corrected chi connectivity index (χ4v) is 3.01. The topological polar surface area (TPSA) is 50.9 Å². The molecule has 0 aliphatic carbocycles. The minimum atomic E-state index is 0.0217. The van der Waals surface area contributed by atoms with Crippen molar-refractivity contribution in [2.45, 2.75) is 46.6 Å². The number of anilines is 2. The van der Waals surface area contributed by atoms with Crippen LogP contribution < -0.4 is 11.1 Å². The molecule has 0 fully saturated rings. The van der Waals surface area contributed by atoms with Gasteiger partial charge in [-0.15, -0.1) is 0 Å². The van der Waals surface area contributed by atoms with E-state index in [1.54, 1.807) is 0 Å². The number of rotatable bonds is 3. The summed E-state index contributed by atoms with van der Waals surface area (Å²) in [7, 11) is 0. The maximum Gasteiger partial charge on any atom is 0.0743 e. The van der Waals surface area contributed by atoms with Crippen molar-refractivity contribution in [1.82, 2.24) is 4.98 Å². The molecule has 0 atom stereocenters. The van der Waals surface area contributed by atoms with E-state index in [1.165, 1.54) is 0 Å². The molecule has 1 heterocycles. The van der Waals surface area contributed by atoms with Gasteiger partial charge in [-0.1, -0.05) is 20.8 Å². The molecular weight excluding hydrogens is 246 g/mol. The van der Waals surface area contributed by atoms with Gasteiger partial charge in [0.2, 0.25) is 0 Å². The summed E-state index contributed by atoms with van der Waals surface area (Å²) in [6.07, 6.45) is 2.91. The van der Waals surface area contributed by atoms with E-state index in [0.717, 1.165) is 28.7 Å². The van der Waals surface area contributed by atoms with Gasteiger partial charge in [0.15, 0.2) is 0 Å². The number of hydrogen-bond donors (Lipinski definition) is 2. The molecule has 2 aromatic rings. The number of benzene rings is 1. The summed E-state index contributed by atoms with van der Waals surface area (Å²) >= 11 is 0. The summed E-state index contributed by atoms with van der Waals surface area (Å²) in [6, 6.07) is 7.90. The van der Waals surface area contributed by atoms with Crippen molar-refractivity contribution in [2.75, 3.05) is 11.1 Å². The minimum absolute atomic E-state index is 0.0217. The van der Waals surface area contributed by atoms with Crippen molar-refractivity contribution >= 4 is 22.3 Å². The van der Waals surface area contributed by atoms with Crippen LogP contribution in [0.2, 0.25) is 0 Å². The molecule has 0 radical (unpaired) electrons. The first-order valence-electron chi connectivity index (χ1n) is 7.09. The maximum absolute atomic E-state index is 5.82. The summed E-state index contributed by atoms with van der Waals surface area (Å²) in [4.78, 5) is 4.39. The Balaban J connectivity index is 2.34. The summed E-state index contributed by atoms with van der Waals surface area (Å²) < 4.78 is 0. The lowest BCUT2D eigenvalue weighted by molar-refractivity contribution is 0.302. The van der Waals surface area contributed by atoms with Crippen LogP contribution in [0.3, 0.4) is 0 Å². The third kappa shape index (κ3) is 3.62. The van der Waals surface area contributed by atoms with Gasteiger partial charge in [0, 0.05) is 28.5 Å². The molecule has 0 aliphatic heterocycles. The van der Waals surface area contributed by atoms with Crippen LogP contribution in [-0.2, 0) is 0 Å². The Morgan fingerprint density at radius 1 is 1.10 bits per heavy atom. The van der Waals surface area contributed by atoms with Crippen LogP contribution in [0.15, 0.2) is 30.5 Å². The van der Waals surface area contributed by atoms with Crippen LogP contribution in [0.5, 0.6) is 0 Å². The molecule has 0 aliphatic rings. The van der Waals surface area contributed by atoms with Gasteiger partial charge in [-0.2, -0.15) is 0 Å². The second kappa shape index (κ2) is 4.97. The Morgan fingerprint density at radius 2 is 1.80 bits per heavy atom. The van der Waals surface area contributed by atoms with Crippen LogP contribution in [0.4, 0.5) is 11.4 Å². The second-order valence-electron chi connectivity index (χ2n) is 7.38. The molecule has 3 heteroatoms. The van der Waals surface area contributed by atoms with E-state index in [2.05, 4.69) is 44.9 Å². The van der Waals surface area contributed by atoms with Crippen molar-refractivity contribution in [3.8, 4) is 0 Å². The Morgan fingerprint density at radius 3 is 2.45 bits per heavy atom. The number of hydrogen-bond acceptors (Lipinski definition) is 3. The zero-order chi connectivity index (χ0) is 15.0. The SMILES string of the molecule is CC(C)(C)CC(C)(C)Nc1ccnc2cc(N)ccc12. The molecule has 0 saturated carbocycles. The van der Waals surface area contributed by atoms with E-state index in [4.69, 9.17) is 5.73 Å². The normalized spacial score (nSPS) is 12.7. The van der Waals surface area contributed by atoms with Crippen molar-refractivity contribution in [3.05, 3.63) is 30.5 Å². The van der Waals surface area contributed by atoms with E-state index in [0.29, 0.717) is 0 Å². The van der Waals surface area contributed by atoms with E-state index in [-0.39, 0.29) is 11.0 Å². The third-order valence-corrected chi connectivity index (χ3v) is 3.21. The summed E-state index contributed by atoms with van der Waals surface area (Å²) in [5, 5.41) is 4.77. The maximum atomic E-state index is 5.82. The van der Waals surface area contributed by atoms with Crippen LogP contribution in [-0.4, -0.2) is 10.5 Å². The molecule has 1 aromatic carbocycles. The molecule has 0 bridgehead atoms. The standard InChI is InChI=1S/C17H25N3/c1-16(2,3)11-17(4,5)20-14-8-9-19-15-10-12(18)6-7-13(14)15/h6-10H,11,18H2,1-5H3,(H,19,20). The molecule has 2 rings (SSSR count). The minimum Gasteiger partial charge on any atom is -0.399 e. The van der Waals surface area contributed by atoms with Crippen molar-refractivity contribution < 1.29 is 0 Å². The van der Waals surface area contributed by atoms with Gasteiger partial charge in [0.25, 0.3) is 0 Å². The van der Waals surface area contributed by atoms with E-state index >= 15 is 0 Å². The van der Waals surface area contributed by atoms with Gasteiger partial charge in [-0.25, -0.2) is 0 Å². The van der Waals surface area contributed by atoms with E-state index in [9.17, 15) is 0 Å². The largest absolute Gasteiger partial charge is 0.399 e. The zero-order valence-electron chi connectivity index (χ0n) is 13.1. The molecule has 20 heavy (non-hydrogen) atoms. The molecular formula is C17H25N3. The van der Waals surface area contributed by atoms with Gasteiger partial charge in [-0.3, -0.25) is 4.98 Å². The highest BCUT2D eigenvalue weighted by atomic mass is 15.0. The molecule has 0 amide bonds. The second-order valence-corrected chi connectivity index (χ2v) is 7.38. The Bertz CT molecular complexity index is 609. The summed E-state index contributed by atoms with van der Waals surface area (Å²) in [6.45, 7) is 11.3. The molecule has 3 N–H and O–H groups in total. The molecule has 108 valence electrons. The number of nitrogens with two attached hydrogens (primary N) is 1. The molecule has 0 unspecified atom stereocenters. The number of nitrogens with one attached hydrogen (secondary N) is 1. The quantitative estimate of drug-likeness (QED) is 0.811. The summed E-state index contributed by atoms with van der Waals surface area (Å²) in [5.41, 5.74) is 8.92. The lowest BCUT2D eigenvalue weighted by Crippen LogP contribution is -2.35. The number of nitrogens with zero attached hydrogens (tertiary/aromatic N) is 1. The molecule has 0 saturated heterocycles. The Kier molecular flexibility index (Phi) is 3.63. The van der Waals surface area contributed by atoms with E-state index < -0.39 is 0 Å². The van der Waals surface area contributed by atoms with Gasteiger partial charge >= 0.3 is 0 Å². The predicted octanol–water partition coefficient (Wildman–Crippen LogP) is 4.44. The van der Waals surface area contributed by atoms with Gasteiger partial charge < -0.3 is 11.1 Å². The average molecular weight is 271 g/mol. The lowest BCUT2D eigenvalue weighted by Gasteiger charge is -2.34. The number of fused-ring (bicyclic) bond motifs is 1. The van der Waals surface area contributed by atoms with Crippen LogP contribution in [0.25, 0.3) is 10.9 Å². The van der Waals surface area contributed by atoms with Gasteiger partial charge in [-0.05, 0) is 49.9 Å².